The van der Waals surface area contributed by atoms with Crippen molar-refractivity contribution in [2.75, 3.05) is 36.8 Å². The zero-order chi connectivity index (χ0) is 20.7. The summed E-state index contributed by atoms with van der Waals surface area (Å²) in [6.07, 6.45) is 1.47. The molecule has 1 fully saturated rings. The molecule has 7 nitrogen and oxygen atoms in total. The van der Waals surface area contributed by atoms with Crippen molar-refractivity contribution in [2.24, 2.45) is 5.92 Å². The van der Waals surface area contributed by atoms with Crippen LogP contribution in [0.1, 0.15) is 40.5 Å². The number of carbonyl (C=O) groups excluding carboxylic acids is 2. The number of halogens is 1. The Kier molecular flexibility index (Phi) is 8.82. The molecule has 156 valence electrons. The Labute approximate surface area is 176 Å². The molecular formula is C19H30ClN5O2S. The minimum absolute atomic E-state index is 0.0314. The van der Waals surface area contributed by atoms with Gasteiger partial charge in [0.2, 0.25) is 11.8 Å². The predicted molar refractivity (Wildman–Crippen MR) is 114 cm³/mol. The van der Waals surface area contributed by atoms with Gasteiger partial charge in [-0.15, -0.1) is 0 Å². The molecule has 0 spiro atoms. The van der Waals surface area contributed by atoms with E-state index in [9.17, 15) is 9.59 Å². The van der Waals surface area contributed by atoms with Crippen LogP contribution in [0, 0.1) is 5.92 Å². The van der Waals surface area contributed by atoms with Crippen LogP contribution in [0.25, 0.3) is 0 Å². The van der Waals surface area contributed by atoms with Crippen LogP contribution in [0.4, 0.5) is 5.82 Å². The predicted octanol–water partition coefficient (Wildman–Crippen LogP) is 2.83. The van der Waals surface area contributed by atoms with Gasteiger partial charge in [0.25, 0.3) is 0 Å². The first kappa shape index (κ1) is 22.7. The summed E-state index contributed by atoms with van der Waals surface area (Å²) in [5.41, 5.74) is 0. The number of anilines is 1. The maximum absolute atomic E-state index is 12.0. The fraction of sp³-hybridized carbons (Fsp3) is 0.684. The maximum atomic E-state index is 12.0. The third-order valence-electron chi connectivity index (χ3n) is 4.61. The Hall–Kier alpha value is -1.54. The molecule has 2 rings (SSSR count). The molecule has 1 N–H and O–H groups in total. The van der Waals surface area contributed by atoms with E-state index in [1.807, 2.05) is 18.7 Å². The van der Waals surface area contributed by atoms with Crippen LogP contribution < -0.4 is 10.2 Å². The van der Waals surface area contributed by atoms with Gasteiger partial charge in [-0.25, -0.2) is 9.97 Å². The lowest BCUT2D eigenvalue weighted by molar-refractivity contribution is -0.133. The van der Waals surface area contributed by atoms with E-state index in [-0.39, 0.29) is 23.6 Å². The van der Waals surface area contributed by atoms with Gasteiger partial charge in [-0.2, -0.15) is 0 Å². The standard InChI is InChI=1S/C19H30ClN5O2S/c1-5-18(27)25-9-8-24(11-14(25)4)16-10-15(20)22-19(23-16)28-12-17(26)21-7-6-13(2)3/h10,13-14H,5-9,11-12H2,1-4H3,(H,21,26). The Bertz CT molecular complexity index is 688. The number of thioether (sulfide) groups is 1. The Morgan fingerprint density at radius 2 is 2.11 bits per heavy atom. The summed E-state index contributed by atoms with van der Waals surface area (Å²) in [5.74, 6) is 1.69. The summed E-state index contributed by atoms with van der Waals surface area (Å²) in [7, 11) is 0. The lowest BCUT2D eigenvalue weighted by Gasteiger charge is -2.40. The zero-order valence-electron chi connectivity index (χ0n) is 17.1. The fourth-order valence-electron chi connectivity index (χ4n) is 3.03. The van der Waals surface area contributed by atoms with Crippen molar-refractivity contribution in [3.63, 3.8) is 0 Å². The van der Waals surface area contributed by atoms with Gasteiger partial charge < -0.3 is 15.1 Å². The summed E-state index contributed by atoms with van der Waals surface area (Å²) < 4.78 is 0. The third-order valence-corrected chi connectivity index (χ3v) is 5.65. The monoisotopic (exact) mass is 427 g/mol. The number of hydrogen-bond acceptors (Lipinski definition) is 6. The average Bonchev–Trinajstić information content (AvgIpc) is 2.65. The topological polar surface area (TPSA) is 78.4 Å². The molecule has 0 radical (unpaired) electrons. The van der Waals surface area contributed by atoms with Crippen molar-refractivity contribution < 1.29 is 9.59 Å². The van der Waals surface area contributed by atoms with Crippen LogP contribution >= 0.6 is 23.4 Å². The van der Waals surface area contributed by atoms with Gasteiger partial charge in [0.05, 0.1) is 5.75 Å². The minimum atomic E-state index is -0.0314. The maximum Gasteiger partial charge on any atom is 0.230 e. The summed E-state index contributed by atoms with van der Waals surface area (Å²) in [5, 5.41) is 3.75. The third kappa shape index (κ3) is 6.81. The summed E-state index contributed by atoms with van der Waals surface area (Å²) in [4.78, 5) is 36.8. The highest BCUT2D eigenvalue weighted by Gasteiger charge is 2.27. The molecule has 1 unspecified atom stereocenters. The van der Waals surface area contributed by atoms with Crippen LogP contribution in [-0.2, 0) is 9.59 Å². The highest BCUT2D eigenvalue weighted by Crippen LogP contribution is 2.24. The van der Waals surface area contributed by atoms with E-state index in [0.717, 1.165) is 12.2 Å². The van der Waals surface area contributed by atoms with Crippen molar-refractivity contribution in [1.82, 2.24) is 20.2 Å². The summed E-state index contributed by atoms with van der Waals surface area (Å²) in [6.45, 7) is 10.9. The molecule has 1 aromatic rings. The van der Waals surface area contributed by atoms with Crippen molar-refractivity contribution in [2.45, 2.75) is 51.7 Å². The number of rotatable bonds is 8. The largest absolute Gasteiger partial charge is 0.355 e. The molecule has 0 aliphatic carbocycles. The van der Waals surface area contributed by atoms with Crippen molar-refractivity contribution in [3.8, 4) is 0 Å². The van der Waals surface area contributed by atoms with Gasteiger partial charge in [0.1, 0.15) is 11.0 Å². The highest BCUT2D eigenvalue weighted by atomic mass is 35.5. The molecule has 28 heavy (non-hydrogen) atoms. The molecule has 0 aromatic carbocycles. The zero-order valence-corrected chi connectivity index (χ0v) is 18.6. The first-order valence-corrected chi connectivity index (χ1v) is 11.1. The molecule has 9 heteroatoms. The van der Waals surface area contributed by atoms with Gasteiger partial charge in [0.15, 0.2) is 5.16 Å². The summed E-state index contributed by atoms with van der Waals surface area (Å²) >= 11 is 7.46. The molecule has 1 atom stereocenters. The van der Waals surface area contributed by atoms with Crippen LogP contribution in [0.15, 0.2) is 11.2 Å². The number of piperazine rings is 1. The second kappa shape index (κ2) is 10.9. The van der Waals surface area contributed by atoms with E-state index in [1.165, 1.54) is 11.8 Å². The van der Waals surface area contributed by atoms with E-state index in [1.54, 1.807) is 6.07 Å². The van der Waals surface area contributed by atoms with Crippen LogP contribution in [0.2, 0.25) is 5.15 Å². The molecule has 1 aromatic heterocycles. The number of nitrogens with one attached hydrogen (secondary N) is 1. The number of amides is 2. The van der Waals surface area contributed by atoms with Crippen molar-refractivity contribution >= 4 is 41.0 Å². The lowest BCUT2D eigenvalue weighted by Crippen LogP contribution is -2.54. The molecular weight excluding hydrogens is 398 g/mol. The first-order chi connectivity index (χ1) is 13.3. The van der Waals surface area contributed by atoms with Gasteiger partial charge in [-0.3, -0.25) is 9.59 Å². The van der Waals surface area contributed by atoms with E-state index >= 15 is 0 Å². The van der Waals surface area contributed by atoms with E-state index in [0.29, 0.717) is 48.8 Å². The molecule has 0 bridgehead atoms. The quantitative estimate of drug-likeness (QED) is 0.390. The van der Waals surface area contributed by atoms with Crippen LogP contribution in [0.3, 0.4) is 0 Å². The molecule has 1 aliphatic heterocycles. The smallest absolute Gasteiger partial charge is 0.230 e. The van der Waals surface area contributed by atoms with Crippen molar-refractivity contribution in [3.05, 3.63) is 11.2 Å². The Morgan fingerprint density at radius 1 is 1.36 bits per heavy atom. The lowest BCUT2D eigenvalue weighted by atomic mass is 10.1. The molecule has 1 aliphatic rings. The second-order valence-electron chi connectivity index (χ2n) is 7.39. The molecule has 2 heterocycles. The number of carbonyl (C=O) groups is 2. The SMILES string of the molecule is CCC(=O)N1CCN(c2cc(Cl)nc(SCC(=O)NCCC(C)C)n2)CC1C. The first-order valence-electron chi connectivity index (χ1n) is 9.78. The second-order valence-corrected chi connectivity index (χ2v) is 8.72. The number of hydrogen-bond donors (Lipinski definition) is 1. The molecule has 2 amide bonds. The van der Waals surface area contributed by atoms with E-state index < -0.39 is 0 Å². The number of aromatic nitrogens is 2. The van der Waals surface area contributed by atoms with E-state index in [2.05, 4.69) is 34.0 Å². The molecule has 0 saturated carbocycles. The Morgan fingerprint density at radius 3 is 2.75 bits per heavy atom. The number of nitrogens with zero attached hydrogens (tertiary/aromatic N) is 4. The summed E-state index contributed by atoms with van der Waals surface area (Å²) in [6, 6.07) is 1.84. The fourth-order valence-corrected chi connectivity index (χ4v) is 3.94. The van der Waals surface area contributed by atoms with Gasteiger partial charge >= 0.3 is 0 Å². The van der Waals surface area contributed by atoms with E-state index in [4.69, 9.17) is 11.6 Å². The highest BCUT2D eigenvalue weighted by molar-refractivity contribution is 7.99. The normalized spacial score (nSPS) is 17.1. The van der Waals surface area contributed by atoms with Crippen molar-refractivity contribution in [1.29, 1.82) is 0 Å². The van der Waals surface area contributed by atoms with Gasteiger partial charge in [-0.05, 0) is 19.3 Å². The average molecular weight is 428 g/mol. The van der Waals surface area contributed by atoms with Crippen LogP contribution in [-0.4, -0.2) is 64.7 Å². The van der Waals surface area contributed by atoms with Crippen LogP contribution in [0.5, 0.6) is 0 Å². The Balaban J connectivity index is 1.94. The van der Waals surface area contributed by atoms with Gasteiger partial charge in [0, 0.05) is 44.7 Å². The molecule has 1 saturated heterocycles. The van der Waals surface area contributed by atoms with Gasteiger partial charge in [-0.1, -0.05) is 44.1 Å². The minimum Gasteiger partial charge on any atom is -0.355 e.